The molecular weight excluding hydrogens is 384 g/mol. The van der Waals surface area contributed by atoms with Crippen LogP contribution in [0.2, 0.25) is 0 Å². The highest BCUT2D eigenvalue weighted by molar-refractivity contribution is 9.10. The lowest BCUT2D eigenvalue weighted by atomic mass is 10.0. The van der Waals surface area contributed by atoms with Gasteiger partial charge < -0.3 is 0 Å². The molecule has 1 heterocycles. The topological polar surface area (TPSA) is 0 Å². The second-order valence-electron chi connectivity index (χ2n) is 5.28. The van der Waals surface area contributed by atoms with Gasteiger partial charge in [0.15, 0.2) is 0 Å². The molecule has 0 saturated heterocycles. The van der Waals surface area contributed by atoms with Gasteiger partial charge in [0.2, 0.25) is 0 Å². The molecule has 19 heavy (non-hydrogen) atoms. The van der Waals surface area contributed by atoms with E-state index in [1.807, 2.05) is 11.3 Å². The van der Waals surface area contributed by atoms with Gasteiger partial charge in [-0.2, -0.15) is 0 Å². The van der Waals surface area contributed by atoms with Gasteiger partial charge in [0.25, 0.3) is 0 Å². The van der Waals surface area contributed by atoms with Gasteiger partial charge in [-0.1, -0.05) is 45.7 Å². The van der Waals surface area contributed by atoms with Gasteiger partial charge in [-0.3, -0.25) is 0 Å². The fourth-order valence-electron chi connectivity index (χ4n) is 2.41. The number of hydrogen-bond donors (Lipinski definition) is 0. The third kappa shape index (κ3) is 2.61. The number of benzene rings is 2. The molecule has 2 aromatic carbocycles. The fraction of sp³-hybridized carbons (Fsp3) is 0.250. The number of thiophene rings is 1. The molecule has 1 aromatic heterocycles. The van der Waals surface area contributed by atoms with Crippen molar-refractivity contribution in [2.45, 2.75) is 20.3 Å². The molecule has 3 heteroatoms. The molecule has 0 radical (unpaired) electrons. The van der Waals surface area contributed by atoms with Gasteiger partial charge in [-0.25, -0.2) is 0 Å². The Bertz CT molecular complexity index is 756. The number of fused-ring (bicyclic) bond motifs is 3. The van der Waals surface area contributed by atoms with Crippen LogP contribution in [-0.2, 0) is 6.42 Å². The molecule has 0 nitrogen and oxygen atoms in total. The minimum absolute atomic E-state index is 0.678. The van der Waals surface area contributed by atoms with Gasteiger partial charge in [0.1, 0.15) is 0 Å². The van der Waals surface area contributed by atoms with E-state index < -0.39 is 0 Å². The smallest absolute Gasteiger partial charge is 0.0358 e. The Morgan fingerprint density at radius 2 is 1.74 bits per heavy atom. The Morgan fingerprint density at radius 3 is 2.47 bits per heavy atom. The van der Waals surface area contributed by atoms with Gasteiger partial charge in [-0.05, 0) is 48.2 Å². The van der Waals surface area contributed by atoms with Crippen LogP contribution in [0.25, 0.3) is 20.2 Å². The summed E-state index contributed by atoms with van der Waals surface area (Å²) in [5.41, 5.74) is 1.41. The van der Waals surface area contributed by atoms with Crippen molar-refractivity contribution in [3.05, 3.63) is 44.8 Å². The Hall–Kier alpha value is -0.380. The van der Waals surface area contributed by atoms with Crippen molar-refractivity contribution in [1.82, 2.24) is 0 Å². The van der Waals surface area contributed by atoms with Crippen LogP contribution in [0.5, 0.6) is 0 Å². The average Bonchev–Trinajstić information content (AvgIpc) is 2.66. The molecule has 0 saturated carbocycles. The lowest BCUT2D eigenvalue weighted by Gasteiger charge is -2.07. The predicted molar refractivity (Wildman–Crippen MR) is 93.3 cm³/mol. The predicted octanol–water partition coefficient (Wildman–Crippen LogP) is 6.78. The van der Waals surface area contributed by atoms with Crippen LogP contribution in [0, 0.1) is 5.92 Å². The van der Waals surface area contributed by atoms with E-state index >= 15 is 0 Å². The largest absolute Gasteiger partial charge is 0.135 e. The second-order valence-corrected chi connectivity index (χ2v) is 8.13. The Kier molecular flexibility index (Phi) is 3.71. The molecule has 0 unspecified atom stereocenters. The highest BCUT2D eigenvalue weighted by atomic mass is 79.9. The van der Waals surface area contributed by atoms with E-state index in [1.165, 1.54) is 30.2 Å². The van der Waals surface area contributed by atoms with E-state index in [4.69, 9.17) is 0 Å². The first-order valence-corrected chi connectivity index (χ1v) is 8.75. The monoisotopic (exact) mass is 396 g/mol. The zero-order valence-electron chi connectivity index (χ0n) is 10.8. The molecule has 0 aliphatic carbocycles. The van der Waals surface area contributed by atoms with Crippen molar-refractivity contribution in [2.75, 3.05) is 0 Å². The van der Waals surface area contributed by atoms with Crippen LogP contribution in [-0.4, -0.2) is 0 Å². The molecule has 3 rings (SSSR count). The molecule has 0 bridgehead atoms. The standard InChI is InChI=1S/C16H14Br2S/c1-9(2)5-10-6-16-13(8-14(10)18)12-7-11(17)3-4-15(12)19-16/h3-4,6-9H,5H2,1-2H3. The average molecular weight is 398 g/mol. The summed E-state index contributed by atoms with van der Waals surface area (Å²) in [5, 5.41) is 2.69. The lowest BCUT2D eigenvalue weighted by molar-refractivity contribution is 0.646. The summed E-state index contributed by atoms with van der Waals surface area (Å²) in [6.07, 6.45) is 1.12. The first kappa shape index (κ1) is 13.6. The summed E-state index contributed by atoms with van der Waals surface area (Å²) >= 11 is 9.17. The first-order valence-electron chi connectivity index (χ1n) is 6.35. The molecule has 0 aliphatic rings. The minimum Gasteiger partial charge on any atom is -0.135 e. The molecule has 0 fully saturated rings. The summed E-state index contributed by atoms with van der Waals surface area (Å²) in [6, 6.07) is 11.1. The van der Waals surface area contributed by atoms with Crippen LogP contribution in [0.1, 0.15) is 19.4 Å². The van der Waals surface area contributed by atoms with Crippen molar-refractivity contribution in [3.8, 4) is 0 Å². The number of hydrogen-bond acceptors (Lipinski definition) is 1. The highest BCUT2D eigenvalue weighted by Gasteiger charge is 2.10. The van der Waals surface area contributed by atoms with E-state index in [9.17, 15) is 0 Å². The maximum Gasteiger partial charge on any atom is 0.0358 e. The Morgan fingerprint density at radius 1 is 1.00 bits per heavy atom. The molecule has 98 valence electrons. The first-order chi connectivity index (χ1) is 9.04. The quantitative estimate of drug-likeness (QED) is 0.447. The molecule has 0 N–H and O–H groups in total. The van der Waals surface area contributed by atoms with E-state index in [0.29, 0.717) is 5.92 Å². The number of halogens is 2. The maximum absolute atomic E-state index is 3.73. The van der Waals surface area contributed by atoms with E-state index in [1.54, 1.807) is 0 Å². The van der Waals surface area contributed by atoms with Crippen LogP contribution >= 0.6 is 43.2 Å². The van der Waals surface area contributed by atoms with Gasteiger partial charge in [0, 0.05) is 29.1 Å². The van der Waals surface area contributed by atoms with Gasteiger partial charge in [-0.15, -0.1) is 11.3 Å². The fourth-order valence-corrected chi connectivity index (χ4v) is 4.41. The second kappa shape index (κ2) is 5.19. The number of rotatable bonds is 2. The van der Waals surface area contributed by atoms with E-state index in [-0.39, 0.29) is 0 Å². The molecular formula is C16H14Br2S. The Balaban J connectivity index is 2.27. The lowest BCUT2D eigenvalue weighted by Crippen LogP contribution is -1.94. The zero-order chi connectivity index (χ0) is 13.6. The van der Waals surface area contributed by atoms with Crippen molar-refractivity contribution in [3.63, 3.8) is 0 Å². The third-order valence-electron chi connectivity index (χ3n) is 3.23. The van der Waals surface area contributed by atoms with Crippen molar-refractivity contribution in [1.29, 1.82) is 0 Å². The Labute approximate surface area is 134 Å². The minimum atomic E-state index is 0.678. The summed E-state index contributed by atoms with van der Waals surface area (Å²) < 4.78 is 5.11. The van der Waals surface area contributed by atoms with Gasteiger partial charge in [0.05, 0.1) is 0 Å². The maximum atomic E-state index is 3.73. The molecule has 0 spiro atoms. The molecule has 0 amide bonds. The summed E-state index contributed by atoms with van der Waals surface area (Å²) in [5.74, 6) is 0.678. The SMILES string of the molecule is CC(C)Cc1cc2sc3ccc(Br)cc3c2cc1Br. The van der Waals surface area contributed by atoms with Crippen molar-refractivity contribution in [2.24, 2.45) is 5.92 Å². The van der Waals surface area contributed by atoms with Crippen LogP contribution in [0.4, 0.5) is 0 Å². The van der Waals surface area contributed by atoms with Crippen molar-refractivity contribution < 1.29 is 0 Å². The van der Waals surface area contributed by atoms with Crippen molar-refractivity contribution >= 4 is 63.4 Å². The molecule has 0 atom stereocenters. The van der Waals surface area contributed by atoms with Crippen LogP contribution in [0.3, 0.4) is 0 Å². The summed E-state index contributed by atoms with van der Waals surface area (Å²) in [4.78, 5) is 0. The third-order valence-corrected chi connectivity index (χ3v) is 5.59. The summed E-state index contributed by atoms with van der Waals surface area (Å²) in [6.45, 7) is 4.53. The normalized spacial score (nSPS) is 11.8. The van der Waals surface area contributed by atoms with Crippen LogP contribution in [0.15, 0.2) is 39.3 Å². The molecule has 0 aliphatic heterocycles. The van der Waals surface area contributed by atoms with E-state index in [0.717, 1.165) is 10.9 Å². The highest BCUT2D eigenvalue weighted by Crippen LogP contribution is 2.38. The molecule has 3 aromatic rings. The zero-order valence-corrected chi connectivity index (χ0v) is 14.8. The van der Waals surface area contributed by atoms with E-state index in [2.05, 4.69) is 76.0 Å². The van der Waals surface area contributed by atoms with Crippen LogP contribution < -0.4 is 0 Å². The summed E-state index contributed by atoms with van der Waals surface area (Å²) in [7, 11) is 0. The van der Waals surface area contributed by atoms with Gasteiger partial charge >= 0.3 is 0 Å².